The van der Waals surface area contributed by atoms with E-state index in [4.69, 9.17) is 4.74 Å². The van der Waals surface area contributed by atoms with Crippen molar-refractivity contribution in [2.75, 3.05) is 17.2 Å². The molecular formula is C25H27N3O4. The van der Waals surface area contributed by atoms with Crippen molar-refractivity contribution >= 4 is 29.2 Å². The first-order chi connectivity index (χ1) is 15.3. The van der Waals surface area contributed by atoms with E-state index in [2.05, 4.69) is 10.6 Å². The second-order valence-electron chi connectivity index (χ2n) is 7.51. The van der Waals surface area contributed by atoms with Crippen LogP contribution in [0.1, 0.15) is 35.5 Å². The summed E-state index contributed by atoms with van der Waals surface area (Å²) in [4.78, 5) is 36.4. The van der Waals surface area contributed by atoms with Crippen LogP contribution >= 0.6 is 0 Å². The number of hydrogen-bond donors (Lipinski definition) is 2. The Labute approximate surface area is 187 Å². The molecule has 2 N–H and O–H groups in total. The van der Waals surface area contributed by atoms with E-state index < -0.39 is 5.97 Å². The Morgan fingerprint density at radius 3 is 2.06 bits per heavy atom. The monoisotopic (exact) mass is 433 g/mol. The molecule has 0 aliphatic heterocycles. The molecule has 0 bridgehead atoms. The van der Waals surface area contributed by atoms with Crippen molar-refractivity contribution in [2.24, 2.45) is 0 Å². The smallest absolute Gasteiger partial charge is 0.339 e. The number of nitrogens with zero attached hydrogens (tertiary/aromatic N) is 1. The van der Waals surface area contributed by atoms with Crippen molar-refractivity contribution in [1.29, 1.82) is 0 Å². The molecule has 0 aliphatic carbocycles. The normalized spacial score (nSPS) is 10.5. The Bertz CT molecular complexity index is 1130. The summed E-state index contributed by atoms with van der Waals surface area (Å²) in [6.07, 6.45) is 0. The van der Waals surface area contributed by atoms with Crippen LogP contribution < -0.4 is 10.6 Å². The third-order valence-corrected chi connectivity index (χ3v) is 5.00. The lowest BCUT2D eigenvalue weighted by Crippen LogP contribution is -2.20. The Morgan fingerprint density at radius 1 is 0.906 bits per heavy atom. The van der Waals surface area contributed by atoms with Gasteiger partial charge in [-0.05, 0) is 56.7 Å². The van der Waals surface area contributed by atoms with Crippen LogP contribution in [0, 0.1) is 13.8 Å². The third-order valence-electron chi connectivity index (χ3n) is 5.00. The summed E-state index contributed by atoms with van der Waals surface area (Å²) >= 11 is 0. The molecule has 166 valence electrons. The van der Waals surface area contributed by atoms with Crippen LogP contribution in [0.5, 0.6) is 0 Å². The van der Waals surface area contributed by atoms with Gasteiger partial charge in [-0.15, -0.1) is 0 Å². The molecule has 0 fully saturated rings. The van der Waals surface area contributed by atoms with Crippen LogP contribution in [-0.2, 0) is 20.9 Å². The van der Waals surface area contributed by atoms with Gasteiger partial charge in [-0.1, -0.05) is 29.8 Å². The minimum Gasteiger partial charge on any atom is -0.462 e. The fourth-order valence-electron chi connectivity index (χ4n) is 3.41. The first-order valence-electron chi connectivity index (χ1n) is 10.4. The fraction of sp³-hybridized carbons (Fsp3) is 0.240. The molecule has 7 heteroatoms. The van der Waals surface area contributed by atoms with Crippen molar-refractivity contribution in [3.8, 4) is 11.3 Å². The standard InChI is InChI=1S/C25H27N3O4/c1-5-32-25(31)22-14-23(19-8-6-16(2)7-9-19)28(17(22)3)15-24(30)27-21-12-10-20(11-13-21)26-18(4)29/h6-14H,5,15H2,1-4H3,(H,26,29)(H,27,30). The van der Waals surface area contributed by atoms with E-state index in [1.54, 1.807) is 44.2 Å². The van der Waals surface area contributed by atoms with E-state index >= 15 is 0 Å². The average Bonchev–Trinajstić information content (AvgIpc) is 3.06. The highest BCUT2D eigenvalue weighted by atomic mass is 16.5. The summed E-state index contributed by atoms with van der Waals surface area (Å²) in [5, 5.41) is 5.55. The molecule has 2 amide bonds. The van der Waals surface area contributed by atoms with Crippen LogP contribution in [-0.4, -0.2) is 29.0 Å². The minimum absolute atomic E-state index is 0.0297. The number of carbonyl (C=O) groups is 3. The lowest BCUT2D eigenvalue weighted by atomic mass is 10.1. The zero-order valence-corrected chi connectivity index (χ0v) is 18.7. The second kappa shape index (κ2) is 9.96. The molecule has 0 aliphatic rings. The molecule has 7 nitrogen and oxygen atoms in total. The van der Waals surface area contributed by atoms with E-state index in [1.807, 2.05) is 35.8 Å². The van der Waals surface area contributed by atoms with E-state index in [1.165, 1.54) is 6.92 Å². The van der Waals surface area contributed by atoms with Gasteiger partial charge < -0.3 is 19.9 Å². The highest BCUT2D eigenvalue weighted by Crippen LogP contribution is 2.27. The quantitative estimate of drug-likeness (QED) is 0.535. The van der Waals surface area contributed by atoms with Gasteiger partial charge in [0.2, 0.25) is 11.8 Å². The predicted octanol–water partition coefficient (Wildman–Crippen LogP) is 4.55. The summed E-state index contributed by atoms with van der Waals surface area (Å²) in [7, 11) is 0. The van der Waals surface area contributed by atoms with Gasteiger partial charge in [0, 0.05) is 29.7 Å². The molecule has 0 saturated carbocycles. The van der Waals surface area contributed by atoms with Crippen LogP contribution in [0.2, 0.25) is 0 Å². The van der Waals surface area contributed by atoms with Crippen LogP contribution in [0.3, 0.4) is 0 Å². The van der Waals surface area contributed by atoms with Gasteiger partial charge in [-0.2, -0.15) is 0 Å². The highest BCUT2D eigenvalue weighted by Gasteiger charge is 2.21. The van der Waals surface area contributed by atoms with E-state index in [9.17, 15) is 14.4 Å². The van der Waals surface area contributed by atoms with E-state index in [0.29, 0.717) is 22.6 Å². The largest absolute Gasteiger partial charge is 0.462 e. The molecule has 1 heterocycles. The number of hydrogen-bond acceptors (Lipinski definition) is 4. The summed E-state index contributed by atoms with van der Waals surface area (Å²) in [5.74, 6) is -0.809. The maximum absolute atomic E-state index is 12.8. The SMILES string of the molecule is CCOC(=O)c1cc(-c2ccc(C)cc2)n(CC(=O)Nc2ccc(NC(C)=O)cc2)c1C. The van der Waals surface area contributed by atoms with Gasteiger partial charge in [0.15, 0.2) is 0 Å². The predicted molar refractivity (Wildman–Crippen MR) is 125 cm³/mol. The zero-order chi connectivity index (χ0) is 23.3. The molecule has 32 heavy (non-hydrogen) atoms. The number of aryl methyl sites for hydroxylation is 1. The number of esters is 1. The number of rotatable bonds is 7. The molecule has 3 rings (SSSR count). The summed E-state index contributed by atoms with van der Waals surface area (Å²) in [5.41, 5.74) is 5.15. The van der Waals surface area contributed by atoms with Gasteiger partial charge in [-0.25, -0.2) is 4.79 Å². The van der Waals surface area contributed by atoms with Gasteiger partial charge in [0.05, 0.1) is 12.2 Å². The number of ether oxygens (including phenoxy) is 1. The summed E-state index contributed by atoms with van der Waals surface area (Å²) in [6.45, 7) is 7.31. The Balaban J connectivity index is 1.86. The molecular weight excluding hydrogens is 406 g/mol. The fourth-order valence-corrected chi connectivity index (χ4v) is 3.41. The lowest BCUT2D eigenvalue weighted by Gasteiger charge is -2.13. The van der Waals surface area contributed by atoms with Gasteiger partial charge in [0.1, 0.15) is 6.54 Å². The molecule has 0 unspecified atom stereocenters. The molecule has 0 spiro atoms. The van der Waals surface area contributed by atoms with Crippen molar-refractivity contribution in [3.63, 3.8) is 0 Å². The van der Waals surface area contributed by atoms with Crippen molar-refractivity contribution < 1.29 is 19.1 Å². The first-order valence-corrected chi connectivity index (χ1v) is 10.4. The van der Waals surface area contributed by atoms with Gasteiger partial charge in [-0.3, -0.25) is 9.59 Å². The van der Waals surface area contributed by atoms with E-state index in [0.717, 1.165) is 16.8 Å². The second-order valence-corrected chi connectivity index (χ2v) is 7.51. The molecule has 0 radical (unpaired) electrons. The number of aromatic nitrogens is 1. The van der Waals surface area contributed by atoms with Crippen LogP contribution in [0.25, 0.3) is 11.3 Å². The van der Waals surface area contributed by atoms with Gasteiger partial charge in [0.25, 0.3) is 0 Å². The molecule has 3 aromatic rings. The number of benzene rings is 2. The number of nitrogens with one attached hydrogen (secondary N) is 2. The highest BCUT2D eigenvalue weighted by molar-refractivity contribution is 5.95. The lowest BCUT2D eigenvalue weighted by molar-refractivity contribution is -0.117. The summed E-state index contributed by atoms with van der Waals surface area (Å²) in [6, 6.07) is 16.6. The Kier molecular flexibility index (Phi) is 7.10. The number of amides is 2. The third kappa shape index (κ3) is 5.43. The van der Waals surface area contributed by atoms with E-state index in [-0.39, 0.29) is 25.0 Å². The summed E-state index contributed by atoms with van der Waals surface area (Å²) < 4.78 is 7.01. The molecule has 1 aromatic heterocycles. The molecule has 0 saturated heterocycles. The van der Waals surface area contributed by atoms with Crippen LogP contribution in [0.15, 0.2) is 54.6 Å². The van der Waals surface area contributed by atoms with Crippen molar-refractivity contribution in [2.45, 2.75) is 34.2 Å². The topological polar surface area (TPSA) is 89.4 Å². The maximum atomic E-state index is 12.8. The average molecular weight is 434 g/mol. The van der Waals surface area contributed by atoms with Crippen LogP contribution in [0.4, 0.5) is 11.4 Å². The molecule has 0 atom stereocenters. The Hall–Kier alpha value is -3.87. The van der Waals surface area contributed by atoms with Gasteiger partial charge >= 0.3 is 5.97 Å². The minimum atomic E-state index is -0.411. The van der Waals surface area contributed by atoms with Crippen molar-refractivity contribution in [3.05, 3.63) is 71.4 Å². The zero-order valence-electron chi connectivity index (χ0n) is 18.7. The number of anilines is 2. The molecule has 2 aromatic carbocycles. The maximum Gasteiger partial charge on any atom is 0.339 e. The first kappa shape index (κ1) is 22.8. The van der Waals surface area contributed by atoms with Crippen molar-refractivity contribution in [1.82, 2.24) is 4.57 Å². The Morgan fingerprint density at radius 2 is 1.50 bits per heavy atom. The number of carbonyl (C=O) groups excluding carboxylic acids is 3.